The van der Waals surface area contributed by atoms with E-state index < -0.39 is 41.7 Å². The molecular formula is C31H36F5N7O3. The molecular weight excluding hydrogens is 613 g/mol. The first-order valence-corrected chi connectivity index (χ1v) is 15.0. The Hall–Kier alpha value is -4.19. The second kappa shape index (κ2) is 12.9. The van der Waals surface area contributed by atoms with Crippen LogP contribution in [0.25, 0.3) is 0 Å². The van der Waals surface area contributed by atoms with Gasteiger partial charge >= 0.3 is 12.4 Å². The highest BCUT2D eigenvalue weighted by molar-refractivity contribution is 5.91. The van der Waals surface area contributed by atoms with Gasteiger partial charge in [0.1, 0.15) is 17.3 Å². The van der Waals surface area contributed by atoms with Gasteiger partial charge < -0.3 is 29.1 Å². The molecule has 2 atom stereocenters. The Balaban J connectivity index is 1.52. The zero-order chi connectivity index (χ0) is 33.4. The summed E-state index contributed by atoms with van der Waals surface area (Å²) in [7, 11) is 3.95. The topological polar surface area (TPSA) is 98.1 Å². The summed E-state index contributed by atoms with van der Waals surface area (Å²) in [5, 5.41) is 9.46. The molecule has 1 aromatic heterocycles. The van der Waals surface area contributed by atoms with Crippen molar-refractivity contribution < 1.29 is 36.2 Å². The van der Waals surface area contributed by atoms with Crippen LogP contribution in [0.4, 0.5) is 33.5 Å². The molecule has 1 aromatic carbocycles. The lowest BCUT2D eigenvalue weighted by Crippen LogP contribution is -2.56. The van der Waals surface area contributed by atoms with Gasteiger partial charge in [0.05, 0.1) is 37.4 Å². The number of hydrogen-bond acceptors (Lipinski definition) is 9. The fraction of sp³-hybridized carbons (Fsp3) is 0.548. The van der Waals surface area contributed by atoms with E-state index in [4.69, 9.17) is 9.72 Å². The summed E-state index contributed by atoms with van der Waals surface area (Å²) in [5.74, 6) is -3.05. The molecule has 10 nitrogen and oxygen atoms in total. The summed E-state index contributed by atoms with van der Waals surface area (Å²) >= 11 is 0. The minimum absolute atomic E-state index is 0.0564. The van der Waals surface area contributed by atoms with Crippen LogP contribution in [-0.2, 0) is 17.8 Å². The third-order valence-corrected chi connectivity index (χ3v) is 8.58. The van der Waals surface area contributed by atoms with Crippen LogP contribution in [0.3, 0.4) is 0 Å². The molecule has 2 unspecified atom stereocenters. The monoisotopic (exact) mass is 649 g/mol. The fourth-order valence-electron chi connectivity index (χ4n) is 6.33. The Morgan fingerprint density at radius 2 is 1.98 bits per heavy atom. The molecule has 2 fully saturated rings. The summed E-state index contributed by atoms with van der Waals surface area (Å²) in [6.45, 7) is 6.46. The zero-order valence-corrected chi connectivity index (χ0v) is 25.9. The number of carbonyl (C=O) groups is 1. The molecule has 0 spiro atoms. The van der Waals surface area contributed by atoms with Crippen molar-refractivity contribution in [3.05, 3.63) is 47.7 Å². The summed E-state index contributed by atoms with van der Waals surface area (Å²) < 4.78 is 79.1. The van der Waals surface area contributed by atoms with E-state index in [0.717, 1.165) is 37.6 Å². The average Bonchev–Trinajstić information content (AvgIpc) is 3.73. The van der Waals surface area contributed by atoms with Crippen LogP contribution >= 0.6 is 0 Å². The Kier molecular flexibility index (Phi) is 9.30. The van der Waals surface area contributed by atoms with E-state index in [-0.39, 0.29) is 56.1 Å². The Morgan fingerprint density at radius 3 is 2.61 bits per heavy atom. The predicted molar refractivity (Wildman–Crippen MR) is 158 cm³/mol. The van der Waals surface area contributed by atoms with Gasteiger partial charge in [0.15, 0.2) is 11.6 Å². The number of para-hydroxylation sites is 1. The lowest BCUT2D eigenvalue weighted by Gasteiger charge is -2.43. The molecule has 248 valence electrons. The van der Waals surface area contributed by atoms with Crippen molar-refractivity contribution in [1.29, 1.82) is 5.26 Å². The smallest absolute Gasteiger partial charge is 0.463 e. The predicted octanol–water partition coefficient (Wildman–Crippen LogP) is 4.60. The molecule has 2 aromatic rings. The largest absolute Gasteiger partial charge is 0.573 e. The number of amides is 1. The quantitative estimate of drug-likeness (QED) is 0.270. The van der Waals surface area contributed by atoms with E-state index in [9.17, 15) is 27.6 Å². The van der Waals surface area contributed by atoms with E-state index >= 15 is 4.39 Å². The number of fused-ring (bicyclic) bond motifs is 1. The summed E-state index contributed by atoms with van der Waals surface area (Å²) in [5.41, 5.74) is 0.727. The van der Waals surface area contributed by atoms with Crippen molar-refractivity contribution in [1.82, 2.24) is 19.8 Å². The van der Waals surface area contributed by atoms with Gasteiger partial charge in [0.2, 0.25) is 0 Å². The van der Waals surface area contributed by atoms with Gasteiger partial charge in [-0.3, -0.25) is 4.79 Å². The fourth-order valence-corrected chi connectivity index (χ4v) is 6.33. The van der Waals surface area contributed by atoms with Crippen molar-refractivity contribution in [2.24, 2.45) is 5.41 Å². The lowest BCUT2D eigenvalue weighted by molar-refractivity contribution is -0.274. The van der Waals surface area contributed by atoms with E-state index in [0.29, 0.717) is 23.7 Å². The molecule has 1 saturated carbocycles. The van der Waals surface area contributed by atoms with Gasteiger partial charge in [-0.05, 0) is 52.4 Å². The summed E-state index contributed by atoms with van der Waals surface area (Å²) in [6.07, 6.45) is -2.92. The molecule has 15 heteroatoms. The second-order valence-electron chi connectivity index (χ2n) is 12.5. The third kappa shape index (κ3) is 7.27. The van der Waals surface area contributed by atoms with Crippen LogP contribution in [0.1, 0.15) is 37.4 Å². The number of nitriles is 1. The molecule has 5 rings (SSSR count). The van der Waals surface area contributed by atoms with Crippen LogP contribution in [0.2, 0.25) is 0 Å². The maximum Gasteiger partial charge on any atom is 0.573 e. The Morgan fingerprint density at radius 1 is 1.24 bits per heavy atom. The highest BCUT2D eigenvalue weighted by Crippen LogP contribution is 2.46. The molecule has 1 amide bonds. The normalized spacial score (nSPS) is 20.7. The molecule has 46 heavy (non-hydrogen) atoms. The SMILES string of the molecule is C=C(F)C(=O)N1CCN(c2nc(OCC3(CN(C)C)CC3)nc3c2CC(C)N(c2c(F)cccc2OC(F)(F)F)C3)CC1CC#N. The Bertz CT molecular complexity index is 1530. The first-order valence-electron chi connectivity index (χ1n) is 15.0. The maximum absolute atomic E-state index is 15.2. The maximum atomic E-state index is 15.2. The van der Waals surface area contributed by atoms with Gasteiger partial charge in [-0.15, -0.1) is 13.2 Å². The number of anilines is 2. The number of hydrogen-bond donors (Lipinski definition) is 0. The minimum atomic E-state index is -5.03. The van der Waals surface area contributed by atoms with Crippen LogP contribution in [0.15, 0.2) is 30.6 Å². The number of carbonyl (C=O) groups excluding carboxylic acids is 1. The van der Waals surface area contributed by atoms with Crippen molar-refractivity contribution in [2.45, 2.75) is 57.6 Å². The summed E-state index contributed by atoms with van der Waals surface area (Å²) in [4.78, 5) is 28.7. The van der Waals surface area contributed by atoms with Gasteiger partial charge in [-0.1, -0.05) is 12.6 Å². The number of alkyl halides is 3. The van der Waals surface area contributed by atoms with Gasteiger partial charge in [0.25, 0.3) is 5.91 Å². The van der Waals surface area contributed by atoms with Crippen LogP contribution in [0.5, 0.6) is 11.8 Å². The van der Waals surface area contributed by atoms with E-state index in [1.807, 2.05) is 19.0 Å². The number of benzene rings is 1. The molecule has 0 radical (unpaired) electrons. The van der Waals surface area contributed by atoms with E-state index in [1.54, 1.807) is 6.92 Å². The molecule has 3 aliphatic rings. The number of piperazine rings is 1. The van der Waals surface area contributed by atoms with Crippen LogP contribution in [0, 0.1) is 22.6 Å². The number of nitrogens with zero attached hydrogens (tertiary/aromatic N) is 7. The second-order valence-corrected chi connectivity index (χ2v) is 12.5. The van der Waals surface area contributed by atoms with E-state index in [1.165, 1.54) is 9.80 Å². The number of halogens is 5. The van der Waals surface area contributed by atoms with Gasteiger partial charge in [-0.2, -0.15) is 15.2 Å². The molecule has 3 heterocycles. The van der Waals surface area contributed by atoms with Crippen LogP contribution < -0.4 is 19.3 Å². The number of ether oxygens (including phenoxy) is 2. The number of aromatic nitrogens is 2. The van der Waals surface area contributed by atoms with Crippen LogP contribution in [-0.4, -0.2) is 91.0 Å². The van der Waals surface area contributed by atoms with Crippen molar-refractivity contribution in [3.8, 4) is 17.8 Å². The molecule has 0 bridgehead atoms. The zero-order valence-electron chi connectivity index (χ0n) is 25.9. The molecule has 1 saturated heterocycles. The summed E-state index contributed by atoms with van der Waals surface area (Å²) in [6, 6.07) is 4.24. The molecule has 2 aliphatic heterocycles. The van der Waals surface area contributed by atoms with Gasteiger partial charge in [0, 0.05) is 43.2 Å². The standard InChI is InChI=1S/C31H36F5N7O3/c1-19-14-22-24(16-43(19)26-23(33)6-5-7-25(26)46-31(34,35)36)38-29(45-18-30(9-10-30)17-40(3)4)39-27(22)41-12-13-42(28(44)20(2)32)21(15-41)8-11-37/h5-7,19,21H,2,8-10,12-18H2,1,3-4H3. The van der Waals surface area contributed by atoms with Crippen molar-refractivity contribution in [3.63, 3.8) is 0 Å². The molecule has 0 N–H and O–H groups in total. The highest BCUT2D eigenvalue weighted by Gasteiger charge is 2.44. The Labute approximate surface area is 264 Å². The molecule has 1 aliphatic carbocycles. The average molecular weight is 650 g/mol. The third-order valence-electron chi connectivity index (χ3n) is 8.58. The minimum Gasteiger partial charge on any atom is -0.463 e. The van der Waals surface area contributed by atoms with Crippen molar-refractivity contribution in [2.75, 3.05) is 56.7 Å². The first-order chi connectivity index (χ1) is 21.7. The first kappa shape index (κ1) is 33.2. The van der Waals surface area contributed by atoms with Crippen molar-refractivity contribution >= 4 is 17.4 Å². The lowest BCUT2D eigenvalue weighted by atomic mass is 9.97. The highest BCUT2D eigenvalue weighted by atomic mass is 19.4. The number of rotatable bonds is 10. The van der Waals surface area contributed by atoms with Gasteiger partial charge in [-0.25, -0.2) is 8.78 Å². The van der Waals surface area contributed by atoms with E-state index in [2.05, 4.69) is 27.3 Å².